The molecule has 0 fully saturated rings. The summed E-state index contributed by atoms with van der Waals surface area (Å²) in [6, 6.07) is 18.3. The SMILES string of the molecule is CCOc1ccc(N2C(=O)c3cccnc3C2Nc2ccc(NC(C)=O)cc2)cc1. The fourth-order valence-corrected chi connectivity index (χ4v) is 3.47. The Balaban J connectivity index is 1.65. The molecule has 4 rings (SSSR count). The Morgan fingerprint density at radius 1 is 1.07 bits per heavy atom. The molecule has 2 heterocycles. The van der Waals surface area contributed by atoms with Gasteiger partial charge in [0.1, 0.15) is 5.75 Å². The van der Waals surface area contributed by atoms with E-state index in [1.807, 2.05) is 43.3 Å². The van der Waals surface area contributed by atoms with Crippen molar-refractivity contribution in [3.8, 4) is 5.75 Å². The molecule has 0 spiro atoms. The van der Waals surface area contributed by atoms with Crippen LogP contribution in [-0.4, -0.2) is 23.4 Å². The standard InChI is InChI=1S/C23H22N4O3/c1-3-30-19-12-10-18(11-13-19)27-22(21-20(23(27)29)5-4-14-24-21)26-17-8-6-16(7-9-17)25-15(2)28/h4-14,22,26H,3H2,1-2H3,(H,25,28). The quantitative estimate of drug-likeness (QED) is 0.645. The Morgan fingerprint density at radius 3 is 2.43 bits per heavy atom. The molecule has 0 saturated carbocycles. The highest BCUT2D eigenvalue weighted by Crippen LogP contribution is 2.37. The summed E-state index contributed by atoms with van der Waals surface area (Å²) in [5.41, 5.74) is 3.49. The molecule has 0 bridgehead atoms. The average Bonchev–Trinajstić information content (AvgIpc) is 3.02. The minimum atomic E-state index is -0.460. The van der Waals surface area contributed by atoms with Crippen molar-refractivity contribution in [1.82, 2.24) is 4.98 Å². The first-order valence-corrected chi connectivity index (χ1v) is 9.72. The Hall–Kier alpha value is -3.87. The van der Waals surface area contributed by atoms with Gasteiger partial charge in [0.25, 0.3) is 5.91 Å². The predicted octanol–water partition coefficient (Wildman–Crippen LogP) is 4.21. The van der Waals surface area contributed by atoms with E-state index in [4.69, 9.17) is 4.74 Å². The molecule has 2 aromatic carbocycles. The van der Waals surface area contributed by atoms with E-state index in [0.717, 1.165) is 17.1 Å². The first kappa shape index (κ1) is 19.4. The number of nitrogens with one attached hydrogen (secondary N) is 2. The molecule has 30 heavy (non-hydrogen) atoms. The van der Waals surface area contributed by atoms with Crippen LogP contribution in [0.5, 0.6) is 5.75 Å². The Bertz CT molecular complexity index is 1060. The van der Waals surface area contributed by atoms with Crippen LogP contribution in [0, 0.1) is 0 Å². The van der Waals surface area contributed by atoms with Crippen LogP contribution in [-0.2, 0) is 4.79 Å². The number of amides is 2. The van der Waals surface area contributed by atoms with Crippen molar-refractivity contribution >= 4 is 28.9 Å². The van der Waals surface area contributed by atoms with Gasteiger partial charge in [0.2, 0.25) is 5.91 Å². The van der Waals surface area contributed by atoms with Crippen LogP contribution in [0.1, 0.15) is 36.1 Å². The van der Waals surface area contributed by atoms with Crippen LogP contribution in [0.25, 0.3) is 0 Å². The fourth-order valence-electron chi connectivity index (χ4n) is 3.47. The lowest BCUT2D eigenvalue weighted by molar-refractivity contribution is -0.114. The third kappa shape index (κ3) is 3.82. The molecule has 1 unspecified atom stereocenters. The van der Waals surface area contributed by atoms with E-state index in [9.17, 15) is 9.59 Å². The van der Waals surface area contributed by atoms with Crippen molar-refractivity contribution in [3.63, 3.8) is 0 Å². The lowest BCUT2D eigenvalue weighted by atomic mass is 10.2. The van der Waals surface area contributed by atoms with Gasteiger partial charge in [0.05, 0.1) is 17.9 Å². The van der Waals surface area contributed by atoms with E-state index in [1.54, 1.807) is 35.4 Å². The van der Waals surface area contributed by atoms with Crippen molar-refractivity contribution in [3.05, 3.63) is 78.1 Å². The summed E-state index contributed by atoms with van der Waals surface area (Å²) >= 11 is 0. The van der Waals surface area contributed by atoms with E-state index < -0.39 is 6.17 Å². The summed E-state index contributed by atoms with van der Waals surface area (Å²) in [5, 5.41) is 6.14. The van der Waals surface area contributed by atoms with E-state index in [0.29, 0.717) is 23.6 Å². The van der Waals surface area contributed by atoms with E-state index in [2.05, 4.69) is 15.6 Å². The molecule has 7 nitrogen and oxygen atoms in total. The highest BCUT2D eigenvalue weighted by atomic mass is 16.5. The molecule has 1 aromatic heterocycles. The van der Waals surface area contributed by atoms with Gasteiger partial charge in [-0.05, 0) is 67.6 Å². The minimum Gasteiger partial charge on any atom is -0.494 e. The molecule has 0 saturated heterocycles. The molecular weight excluding hydrogens is 380 g/mol. The molecule has 1 aliphatic rings. The summed E-state index contributed by atoms with van der Waals surface area (Å²) in [7, 11) is 0. The number of aromatic nitrogens is 1. The maximum Gasteiger partial charge on any atom is 0.262 e. The summed E-state index contributed by atoms with van der Waals surface area (Å²) in [4.78, 5) is 30.5. The van der Waals surface area contributed by atoms with Crippen LogP contribution >= 0.6 is 0 Å². The first-order valence-electron chi connectivity index (χ1n) is 9.72. The normalized spacial score (nSPS) is 14.9. The summed E-state index contributed by atoms with van der Waals surface area (Å²) in [6.45, 7) is 3.97. The van der Waals surface area contributed by atoms with Gasteiger partial charge in [0.15, 0.2) is 6.17 Å². The number of pyridine rings is 1. The van der Waals surface area contributed by atoms with Crippen molar-refractivity contribution in [2.24, 2.45) is 0 Å². The largest absolute Gasteiger partial charge is 0.494 e. The second-order valence-corrected chi connectivity index (χ2v) is 6.84. The monoisotopic (exact) mass is 402 g/mol. The van der Waals surface area contributed by atoms with Crippen LogP contribution in [0.2, 0.25) is 0 Å². The summed E-state index contributed by atoms with van der Waals surface area (Å²) < 4.78 is 5.51. The fraction of sp³-hybridized carbons (Fsp3) is 0.174. The third-order valence-electron chi connectivity index (χ3n) is 4.74. The molecule has 1 atom stereocenters. The number of carbonyl (C=O) groups excluding carboxylic acids is 2. The third-order valence-corrected chi connectivity index (χ3v) is 4.74. The Kier molecular flexibility index (Phi) is 5.34. The number of carbonyl (C=O) groups is 2. The second-order valence-electron chi connectivity index (χ2n) is 6.84. The molecule has 7 heteroatoms. The predicted molar refractivity (Wildman–Crippen MR) is 116 cm³/mol. The second kappa shape index (κ2) is 8.24. The molecule has 152 valence electrons. The zero-order valence-corrected chi connectivity index (χ0v) is 16.8. The topological polar surface area (TPSA) is 83.6 Å². The number of hydrogen-bond donors (Lipinski definition) is 2. The van der Waals surface area contributed by atoms with Gasteiger partial charge in [-0.2, -0.15) is 0 Å². The number of anilines is 3. The molecule has 2 N–H and O–H groups in total. The highest BCUT2D eigenvalue weighted by molar-refractivity contribution is 6.11. The molecule has 2 amide bonds. The van der Waals surface area contributed by atoms with Gasteiger partial charge in [-0.3, -0.25) is 19.5 Å². The number of rotatable bonds is 6. The lowest BCUT2D eigenvalue weighted by Gasteiger charge is -2.26. The van der Waals surface area contributed by atoms with Crippen molar-refractivity contribution in [1.29, 1.82) is 0 Å². The van der Waals surface area contributed by atoms with E-state index in [1.165, 1.54) is 6.92 Å². The lowest BCUT2D eigenvalue weighted by Crippen LogP contribution is -2.32. The summed E-state index contributed by atoms with van der Waals surface area (Å²) in [5.74, 6) is 0.508. The molecule has 3 aromatic rings. The number of fused-ring (bicyclic) bond motifs is 1. The van der Waals surface area contributed by atoms with Crippen molar-refractivity contribution in [2.45, 2.75) is 20.0 Å². The highest BCUT2D eigenvalue weighted by Gasteiger charge is 2.39. The first-order chi connectivity index (χ1) is 14.6. The van der Waals surface area contributed by atoms with Crippen LogP contribution in [0.3, 0.4) is 0 Å². The van der Waals surface area contributed by atoms with E-state index >= 15 is 0 Å². The number of hydrogen-bond acceptors (Lipinski definition) is 5. The smallest absolute Gasteiger partial charge is 0.262 e. The number of nitrogens with zero attached hydrogens (tertiary/aromatic N) is 2. The van der Waals surface area contributed by atoms with Crippen molar-refractivity contribution in [2.75, 3.05) is 22.1 Å². The number of ether oxygens (including phenoxy) is 1. The Labute approximate surface area is 174 Å². The maximum absolute atomic E-state index is 13.2. The molecule has 0 radical (unpaired) electrons. The van der Waals surface area contributed by atoms with Crippen LogP contribution in [0.4, 0.5) is 17.1 Å². The molecule has 1 aliphatic heterocycles. The van der Waals surface area contributed by atoms with Gasteiger partial charge >= 0.3 is 0 Å². The molecular formula is C23H22N4O3. The average molecular weight is 402 g/mol. The Morgan fingerprint density at radius 2 is 1.77 bits per heavy atom. The van der Waals surface area contributed by atoms with Gasteiger partial charge in [0, 0.05) is 30.2 Å². The molecule has 0 aliphatic carbocycles. The zero-order chi connectivity index (χ0) is 21.1. The van der Waals surface area contributed by atoms with E-state index in [-0.39, 0.29) is 11.8 Å². The zero-order valence-electron chi connectivity index (χ0n) is 16.8. The summed E-state index contributed by atoms with van der Waals surface area (Å²) in [6.07, 6.45) is 1.22. The van der Waals surface area contributed by atoms with Crippen LogP contribution < -0.4 is 20.3 Å². The number of benzene rings is 2. The van der Waals surface area contributed by atoms with Gasteiger partial charge < -0.3 is 15.4 Å². The van der Waals surface area contributed by atoms with Crippen molar-refractivity contribution < 1.29 is 14.3 Å². The van der Waals surface area contributed by atoms with Gasteiger partial charge in [-0.15, -0.1) is 0 Å². The minimum absolute atomic E-state index is 0.116. The van der Waals surface area contributed by atoms with Gasteiger partial charge in [-0.25, -0.2) is 0 Å². The van der Waals surface area contributed by atoms with Crippen LogP contribution in [0.15, 0.2) is 66.9 Å². The maximum atomic E-state index is 13.2. The van der Waals surface area contributed by atoms with Gasteiger partial charge in [-0.1, -0.05) is 0 Å².